The van der Waals surface area contributed by atoms with E-state index in [4.69, 9.17) is 15.0 Å². The molecule has 0 unspecified atom stereocenters. The lowest BCUT2D eigenvalue weighted by Gasteiger charge is -2.07. The topological polar surface area (TPSA) is 100 Å². The fraction of sp³-hybridized carbons (Fsp3) is 0. The molecule has 0 atom stereocenters. The van der Waals surface area contributed by atoms with Crippen LogP contribution in [0.3, 0.4) is 0 Å². The Morgan fingerprint density at radius 3 is 1.33 bits per heavy atom. The van der Waals surface area contributed by atoms with Crippen molar-refractivity contribution in [1.82, 2.24) is 19.9 Å². The lowest BCUT2D eigenvalue weighted by Crippen LogP contribution is -2.15. The van der Waals surface area contributed by atoms with Crippen LogP contribution >= 0.6 is 0 Å². The first-order chi connectivity index (χ1) is 22.8. The number of hydrogen-bond donors (Lipinski definition) is 4. The fourth-order valence-corrected chi connectivity index (χ4v) is 6.88. The van der Waals surface area contributed by atoms with Crippen LogP contribution in [0.25, 0.3) is 48.7 Å². The van der Waals surface area contributed by atoms with Crippen LogP contribution in [0.15, 0.2) is 142 Å². The van der Waals surface area contributed by atoms with E-state index in [1.54, 1.807) is 0 Å². The van der Waals surface area contributed by atoms with Gasteiger partial charge >= 0.3 is 0 Å². The van der Waals surface area contributed by atoms with E-state index in [-0.39, 0.29) is 0 Å². The van der Waals surface area contributed by atoms with Crippen molar-refractivity contribution in [2.45, 2.75) is 0 Å². The van der Waals surface area contributed by atoms with Crippen molar-refractivity contribution in [1.29, 1.82) is 0 Å². The van der Waals surface area contributed by atoms with Gasteiger partial charge in [-0.15, -0.1) is 0 Å². The molecule has 0 saturated heterocycles. The Bertz CT molecular complexity index is 2920. The van der Waals surface area contributed by atoms with Crippen molar-refractivity contribution in [3.8, 4) is 0 Å². The van der Waals surface area contributed by atoms with Crippen LogP contribution in [0.5, 0.6) is 0 Å². The molecule has 4 N–H and O–H groups in total. The third-order valence-corrected chi connectivity index (χ3v) is 8.97. The summed E-state index contributed by atoms with van der Waals surface area (Å²) in [6, 6.07) is 43.9. The molecule has 0 fully saturated rings. The zero-order valence-electron chi connectivity index (χ0n) is 24.5. The van der Waals surface area contributed by atoms with E-state index in [1.165, 1.54) is 0 Å². The largest absolute Gasteiger partial charge is 0.339 e. The van der Waals surface area contributed by atoms with Crippen LogP contribution in [0.1, 0.15) is 11.3 Å². The predicted molar refractivity (Wildman–Crippen MR) is 183 cm³/mol. The second kappa shape index (κ2) is 9.51. The molecule has 0 spiro atoms. The maximum Gasteiger partial charge on any atom is 0.142 e. The molecule has 5 heterocycles. The number of nitrogens with zero attached hydrogens (tertiary/aromatic N) is 3. The second-order valence-electron chi connectivity index (χ2n) is 11.6. The van der Waals surface area contributed by atoms with Gasteiger partial charge in [0, 0.05) is 48.7 Å². The molecule has 8 bridgehead atoms. The van der Waals surface area contributed by atoms with Gasteiger partial charge in [0.05, 0.1) is 11.0 Å². The van der Waals surface area contributed by atoms with Gasteiger partial charge in [-0.25, -0.2) is 15.0 Å². The van der Waals surface area contributed by atoms with Crippen molar-refractivity contribution in [2.75, 3.05) is 0 Å². The molecule has 1 aliphatic heterocycles. The van der Waals surface area contributed by atoms with E-state index in [0.717, 1.165) is 99.2 Å². The molecule has 216 valence electrons. The Hall–Kier alpha value is -6.47. The first-order valence-corrected chi connectivity index (χ1v) is 15.3. The van der Waals surface area contributed by atoms with Crippen LogP contribution < -0.4 is 21.8 Å². The first kappa shape index (κ1) is 24.9. The number of aromatic amines is 4. The van der Waals surface area contributed by atoms with Crippen molar-refractivity contribution in [3.05, 3.63) is 160 Å². The van der Waals surface area contributed by atoms with E-state index < -0.39 is 0 Å². The number of rotatable bonds is 1. The lowest BCUT2D eigenvalue weighted by atomic mass is 9.98. The molecule has 7 nitrogen and oxygen atoms in total. The normalized spacial score (nSPS) is 12.8. The van der Waals surface area contributed by atoms with Crippen molar-refractivity contribution >= 4 is 66.1 Å². The molecule has 10 rings (SSSR count). The van der Waals surface area contributed by atoms with Gasteiger partial charge in [-0.2, -0.15) is 0 Å². The SMILES string of the molecule is c1ccc(C2=c3[nH]c(c4ccccc34)=Nc3[nH]c(c4ccccc34)N=c3[nH]c(c4ccccc34)=Nc3[nH]c2c2ccccc32)cc1. The maximum atomic E-state index is 5.26. The van der Waals surface area contributed by atoms with Crippen LogP contribution in [0.4, 0.5) is 17.5 Å². The monoisotopic (exact) mass is 591 g/mol. The molecule has 46 heavy (non-hydrogen) atoms. The smallest absolute Gasteiger partial charge is 0.142 e. The fourth-order valence-electron chi connectivity index (χ4n) is 6.88. The van der Waals surface area contributed by atoms with E-state index in [1.807, 2.05) is 30.3 Å². The number of nitrogens with one attached hydrogen (secondary N) is 4. The molecule has 1 aliphatic rings. The van der Waals surface area contributed by atoms with Gasteiger partial charge in [0.15, 0.2) is 0 Å². The van der Waals surface area contributed by atoms with Gasteiger partial charge in [0.2, 0.25) is 0 Å². The standard InChI is InChI=1S/C39H25N7/c1-2-12-22(13-3-1)31-32-23-14-4-6-16-25(23)34(40-32)42-36-27-18-8-10-20-29(27)38(44-36)46-39-30-21-11-9-19-28(30)37(45-39)43-35-26-17-7-5-15-24(26)33(31)41-35/h1-21H,(H4,40,41,42,43,44,45,46). The minimum absolute atomic E-state index is 0.736. The van der Waals surface area contributed by atoms with Crippen molar-refractivity contribution in [3.63, 3.8) is 0 Å². The number of hydrogen-bond acceptors (Lipinski definition) is 3. The van der Waals surface area contributed by atoms with Gasteiger partial charge in [0.1, 0.15) is 33.9 Å². The van der Waals surface area contributed by atoms with Crippen LogP contribution in [-0.4, -0.2) is 19.9 Å². The highest BCUT2D eigenvalue weighted by Crippen LogP contribution is 2.35. The summed E-state index contributed by atoms with van der Waals surface area (Å²) in [4.78, 5) is 30.3. The Labute approximate surface area is 261 Å². The zero-order valence-corrected chi connectivity index (χ0v) is 24.5. The first-order valence-electron chi connectivity index (χ1n) is 15.3. The van der Waals surface area contributed by atoms with E-state index in [2.05, 4.69) is 117 Å². The molecular weight excluding hydrogens is 566 g/mol. The molecule has 0 saturated carbocycles. The van der Waals surface area contributed by atoms with E-state index >= 15 is 0 Å². The number of H-pyrrole nitrogens is 4. The molecule has 0 amide bonds. The van der Waals surface area contributed by atoms with Gasteiger partial charge in [0.25, 0.3) is 0 Å². The predicted octanol–water partition coefficient (Wildman–Crippen LogP) is 7.03. The third kappa shape index (κ3) is 3.63. The Balaban J connectivity index is 1.47. The summed E-state index contributed by atoms with van der Waals surface area (Å²) in [6.07, 6.45) is 0. The number of aromatic nitrogens is 4. The van der Waals surface area contributed by atoms with Crippen molar-refractivity contribution < 1.29 is 0 Å². The summed E-state index contributed by atoms with van der Waals surface area (Å²) in [5.41, 5.74) is 5.37. The highest BCUT2D eigenvalue weighted by Gasteiger charge is 2.19. The van der Waals surface area contributed by atoms with E-state index in [0.29, 0.717) is 0 Å². The maximum absolute atomic E-state index is 5.26. The Morgan fingerprint density at radius 1 is 0.326 bits per heavy atom. The lowest BCUT2D eigenvalue weighted by molar-refractivity contribution is 1.10. The average Bonchev–Trinajstić information content (AvgIpc) is 3.85. The summed E-state index contributed by atoms with van der Waals surface area (Å²) in [6.45, 7) is 0. The van der Waals surface area contributed by atoms with Crippen LogP contribution in [0, 0.1) is 0 Å². The molecule has 7 heteroatoms. The van der Waals surface area contributed by atoms with Crippen molar-refractivity contribution in [2.24, 2.45) is 15.0 Å². The van der Waals surface area contributed by atoms with Crippen LogP contribution in [0.2, 0.25) is 0 Å². The number of benzene rings is 5. The highest BCUT2D eigenvalue weighted by molar-refractivity contribution is 6.04. The Kier molecular flexibility index (Phi) is 5.15. The quantitative estimate of drug-likeness (QED) is 0.158. The molecule has 4 aromatic heterocycles. The van der Waals surface area contributed by atoms with Gasteiger partial charge in [-0.05, 0) is 5.56 Å². The van der Waals surface area contributed by atoms with Crippen LogP contribution in [-0.2, 0) is 0 Å². The minimum Gasteiger partial charge on any atom is -0.339 e. The zero-order chi connectivity index (χ0) is 30.2. The summed E-state index contributed by atoms with van der Waals surface area (Å²) in [7, 11) is 0. The summed E-state index contributed by atoms with van der Waals surface area (Å²) < 4.78 is 0. The molecule has 0 aliphatic carbocycles. The molecule has 5 aromatic carbocycles. The van der Waals surface area contributed by atoms with Gasteiger partial charge in [-0.1, -0.05) is 127 Å². The van der Waals surface area contributed by atoms with E-state index in [9.17, 15) is 0 Å². The number of fused-ring (bicyclic) bond motifs is 20. The summed E-state index contributed by atoms with van der Waals surface area (Å²) >= 11 is 0. The highest BCUT2D eigenvalue weighted by atomic mass is 15.0. The second-order valence-corrected chi connectivity index (χ2v) is 11.6. The Morgan fingerprint density at radius 2 is 0.739 bits per heavy atom. The summed E-state index contributed by atoms with van der Waals surface area (Å²) in [5.74, 6) is 2.26. The van der Waals surface area contributed by atoms with Gasteiger partial charge < -0.3 is 19.9 Å². The molecular formula is C39H25N7. The summed E-state index contributed by atoms with van der Waals surface area (Å²) in [5, 5.41) is 9.21. The minimum atomic E-state index is 0.736. The van der Waals surface area contributed by atoms with Gasteiger partial charge in [-0.3, -0.25) is 0 Å². The molecule has 9 aromatic rings. The average molecular weight is 592 g/mol. The molecule has 0 radical (unpaired) electrons. The third-order valence-electron chi connectivity index (χ3n) is 8.97.